The molecule has 52 heavy (non-hydrogen) atoms. The molecule has 0 saturated carbocycles. The Morgan fingerprint density at radius 3 is 1.02 bits per heavy atom. The van der Waals surface area contributed by atoms with Crippen molar-refractivity contribution in [3.8, 4) is 11.4 Å². The van der Waals surface area contributed by atoms with Gasteiger partial charge in [0.15, 0.2) is 0 Å². The molecule has 0 spiro atoms. The van der Waals surface area contributed by atoms with Crippen molar-refractivity contribution in [3.63, 3.8) is 0 Å². The summed E-state index contributed by atoms with van der Waals surface area (Å²) in [6, 6.07) is 38.0. The maximum atomic E-state index is 2.51. The van der Waals surface area contributed by atoms with Crippen molar-refractivity contribution in [2.45, 2.75) is 120 Å². The van der Waals surface area contributed by atoms with Gasteiger partial charge < -0.3 is 9.13 Å². The first-order valence-corrected chi connectivity index (χ1v) is 19.7. The number of hydrogen-bond donors (Lipinski definition) is 0. The fourth-order valence-electron chi connectivity index (χ4n) is 9.55. The molecular formula is C50H60N2. The molecule has 0 N–H and O–H groups in total. The van der Waals surface area contributed by atoms with E-state index in [1.807, 2.05) is 0 Å². The lowest BCUT2D eigenvalue weighted by Crippen LogP contribution is -2.24. The molecule has 7 rings (SSSR count). The van der Waals surface area contributed by atoms with Crippen molar-refractivity contribution in [3.05, 3.63) is 119 Å². The van der Waals surface area contributed by atoms with Crippen LogP contribution in [0, 0.1) is 10.8 Å². The molecule has 2 heteroatoms. The fourth-order valence-corrected chi connectivity index (χ4v) is 9.55. The van der Waals surface area contributed by atoms with Crippen LogP contribution in [0.25, 0.3) is 55.0 Å². The second-order valence-electron chi connectivity index (χ2n) is 19.3. The lowest BCUT2D eigenvalue weighted by molar-refractivity contribution is 0.284. The third-order valence-electron chi connectivity index (χ3n) is 11.4. The lowest BCUT2D eigenvalue weighted by Gasteiger charge is -2.33. The third kappa shape index (κ3) is 6.59. The van der Waals surface area contributed by atoms with Crippen LogP contribution < -0.4 is 0 Å². The van der Waals surface area contributed by atoms with Crippen molar-refractivity contribution in [2.75, 3.05) is 0 Å². The Balaban J connectivity index is 1.59. The SMILES string of the molecule is CCc1ccc(-n2c3ccc(C(C)(C)CC(C)(C)C)cc3c3cc4c(cc32)c2cc(C(C)(C)CC(C)(C)C)ccc2n4-c2ccc(CC)cc2)cc1. The average Bonchev–Trinajstić information content (AvgIpc) is 3.56. The van der Waals surface area contributed by atoms with Crippen LogP contribution in [0.3, 0.4) is 0 Å². The first-order valence-electron chi connectivity index (χ1n) is 19.7. The first kappa shape index (κ1) is 36.1. The van der Waals surface area contributed by atoms with Crippen molar-refractivity contribution in [1.29, 1.82) is 0 Å². The van der Waals surface area contributed by atoms with Gasteiger partial charge in [-0.15, -0.1) is 0 Å². The van der Waals surface area contributed by atoms with E-state index in [1.165, 1.54) is 77.2 Å². The maximum Gasteiger partial charge on any atom is 0.0548 e. The van der Waals surface area contributed by atoms with Crippen LogP contribution in [0.2, 0.25) is 0 Å². The highest BCUT2D eigenvalue weighted by Crippen LogP contribution is 2.44. The Morgan fingerprint density at radius 1 is 0.385 bits per heavy atom. The highest BCUT2D eigenvalue weighted by atomic mass is 15.0. The Bertz CT molecular complexity index is 2240. The van der Waals surface area contributed by atoms with Crippen molar-refractivity contribution in [2.24, 2.45) is 10.8 Å². The molecule has 0 radical (unpaired) electrons. The minimum absolute atomic E-state index is 0.0416. The molecule has 0 aliphatic carbocycles. The van der Waals surface area contributed by atoms with Crippen LogP contribution in [0.1, 0.15) is 118 Å². The minimum atomic E-state index is 0.0416. The van der Waals surface area contributed by atoms with Gasteiger partial charge in [0.05, 0.1) is 22.1 Å². The van der Waals surface area contributed by atoms with Gasteiger partial charge in [0, 0.05) is 32.9 Å². The summed E-state index contributed by atoms with van der Waals surface area (Å²) in [6.45, 7) is 28.3. The Kier molecular flexibility index (Phi) is 8.80. The summed E-state index contributed by atoms with van der Waals surface area (Å²) in [5.41, 5.74) is 13.5. The zero-order chi connectivity index (χ0) is 37.4. The predicted molar refractivity (Wildman–Crippen MR) is 228 cm³/mol. The molecule has 2 heterocycles. The molecule has 0 fully saturated rings. The molecule has 2 aromatic heterocycles. The molecule has 0 amide bonds. The van der Waals surface area contributed by atoms with E-state index in [4.69, 9.17) is 0 Å². The number of nitrogens with zero attached hydrogens (tertiary/aromatic N) is 2. The van der Waals surface area contributed by atoms with Crippen LogP contribution in [0.4, 0.5) is 0 Å². The molecule has 0 unspecified atom stereocenters. The van der Waals surface area contributed by atoms with Crippen LogP contribution >= 0.6 is 0 Å². The summed E-state index contributed by atoms with van der Waals surface area (Å²) < 4.78 is 5.02. The largest absolute Gasteiger partial charge is 0.309 e. The van der Waals surface area contributed by atoms with Crippen molar-refractivity contribution < 1.29 is 0 Å². The van der Waals surface area contributed by atoms with E-state index < -0.39 is 0 Å². The normalized spacial score (nSPS) is 13.3. The van der Waals surface area contributed by atoms with E-state index in [9.17, 15) is 0 Å². The van der Waals surface area contributed by atoms with Gasteiger partial charge in [0.1, 0.15) is 0 Å². The van der Waals surface area contributed by atoms with Gasteiger partial charge in [0.25, 0.3) is 0 Å². The standard InChI is InChI=1S/C50H60N2/c1-13-33-15-21-37(22-16-33)51-43-25-19-35(49(9,10)31-47(3,4)5)27-39(43)41-30-46-42(29-45(41)51)40-28-36(50(11,12)32-48(6,7)8)20-26-44(40)52(46)38-23-17-34(14-2)18-24-38/h15-30H,13-14,31-32H2,1-12H3. The lowest BCUT2D eigenvalue weighted by atomic mass is 9.72. The molecular weight excluding hydrogens is 629 g/mol. The topological polar surface area (TPSA) is 9.86 Å². The summed E-state index contributed by atoms with van der Waals surface area (Å²) in [4.78, 5) is 0. The van der Waals surface area contributed by atoms with E-state index >= 15 is 0 Å². The fraction of sp³-hybridized carbons (Fsp3) is 0.400. The highest BCUT2D eigenvalue weighted by Gasteiger charge is 2.30. The van der Waals surface area contributed by atoms with E-state index in [-0.39, 0.29) is 21.7 Å². The van der Waals surface area contributed by atoms with Crippen LogP contribution in [-0.2, 0) is 23.7 Å². The number of fused-ring (bicyclic) bond motifs is 6. The van der Waals surface area contributed by atoms with Gasteiger partial charge >= 0.3 is 0 Å². The second kappa shape index (κ2) is 12.7. The Morgan fingerprint density at radius 2 is 0.712 bits per heavy atom. The van der Waals surface area contributed by atoms with Crippen molar-refractivity contribution >= 4 is 43.6 Å². The van der Waals surface area contributed by atoms with Gasteiger partial charge in [-0.3, -0.25) is 0 Å². The summed E-state index contributed by atoms with van der Waals surface area (Å²) in [5.74, 6) is 0. The number of aryl methyl sites for hydroxylation is 2. The predicted octanol–water partition coefficient (Wildman–Crippen LogP) is 14.4. The number of rotatable bonds is 8. The van der Waals surface area contributed by atoms with E-state index in [2.05, 4.69) is 189 Å². The summed E-state index contributed by atoms with van der Waals surface area (Å²) in [6.07, 6.45) is 4.30. The molecule has 0 saturated heterocycles. The number of benzene rings is 5. The highest BCUT2D eigenvalue weighted by molar-refractivity contribution is 6.19. The maximum absolute atomic E-state index is 2.51. The van der Waals surface area contributed by atoms with Crippen LogP contribution in [0.5, 0.6) is 0 Å². The molecule has 0 bridgehead atoms. The molecule has 0 atom stereocenters. The average molecular weight is 689 g/mol. The Labute approximate surface area is 312 Å². The zero-order valence-electron chi connectivity index (χ0n) is 34.0. The van der Waals surface area contributed by atoms with E-state index in [1.54, 1.807) is 0 Å². The van der Waals surface area contributed by atoms with Crippen LogP contribution in [0.15, 0.2) is 97.1 Å². The number of aromatic nitrogens is 2. The van der Waals surface area contributed by atoms with Crippen LogP contribution in [-0.4, -0.2) is 9.13 Å². The summed E-state index contributed by atoms with van der Waals surface area (Å²) in [7, 11) is 0. The second-order valence-corrected chi connectivity index (χ2v) is 19.3. The third-order valence-corrected chi connectivity index (χ3v) is 11.4. The quantitative estimate of drug-likeness (QED) is 0.150. The smallest absolute Gasteiger partial charge is 0.0548 e. The van der Waals surface area contributed by atoms with Crippen molar-refractivity contribution in [1.82, 2.24) is 9.13 Å². The molecule has 7 aromatic rings. The summed E-state index contributed by atoms with van der Waals surface area (Å²) >= 11 is 0. The summed E-state index contributed by atoms with van der Waals surface area (Å²) in [5, 5.41) is 5.25. The van der Waals surface area contributed by atoms with Gasteiger partial charge in [-0.2, -0.15) is 0 Å². The zero-order valence-corrected chi connectivity index (χ0v) is 34.0. The van der Waals surface area contributed by atoms with Gasteiger partial charge in [-0.25, -0.2) is 0 Å². The molecule has 2 nitrogen and oxygen atoms in total. The molecule has 270 valence electrons. The van der Waals surface area contributed by atoms with Gasteiger partial charge in [0.2, 0.25) is 0 Å². The molecule has 0 aliphatic rings. The van der Waals surface area contributed by atoms with E-state index in [0.717, 1.165) is 25.7 Å². The minimum Gasteiger partial charge on any atom is -0.309 e. The molecule has 0 aliphatic heterocycles. The number of hydrogen-bond acceptors (Lipinski definition) is 0. The van der Waals surface area contributed by atoms with E-state index in [0.29, 0.717) is 0 Å². The van der Waals surface area contributed by atoms with Gasteiger partial charge in [-0.1, -0.05) is 119 Å². The van der Waals surface area contributed by atoms with Gasteiger partial charge in [-0.05, 0) is 130 Å². The molecule has 5 aromatic carbocycles. The monoisotopic (exact) mass is 688 g/mol. The first-order chi connectivity index (χ1) is 24.4. The Hall–Kier alpha value is -4.30.